The van der Waals surface area contributed by atoms with Crippen LogP contribution in [0.2, 0.25) is 0 Å². The Labute approximate surface area is 104 Å². The van der Waals surface area contributed by atoms with Gasteiger partial charge in [0, 0.05) is 13.1 Å². The highest BCUT2D eigenvalue weighted by molar-refractivity contribution is 5.78. The molecule has 0 saturated carbocycles. The number of carbonyl (C=O) groups is 1. The number of nitrogens with zero attached hydrogens (tertiary/aromatic N) is 1. The normalized spacial score (nSPS) is 20.0. The van der Waals surface area contributed by atoms with Gasteiger partial charge in [-0.1, -0.05) is 13.8 Å². The van der Waals surface area contributed by atoms with E-state index >= 15 is 0 Å². The molecule has 0 aromatic carbocycles. The van der Waals surface area contributed by atoms with E-state index in [0.717, 1.165) is 32.6 Å². The summed E-state index contributed by atoms with van der Waals surface area (Å²) in [7, 11) is 0. The first-order valence-corrected chi connectivity index (χ1v) is 6.46. The summed E-state index contributed by atoms with van der Waals surface area (Å²) in [6.07, 6.45) is 1.08. The van der Waals surface area contributed by atoms with Crippen molar-refractivity contribution in [3.8, 4) is 0 Å². The molecule has 5 nitrogen and oxygen atoms in total. The molecule has 1 aliphatic heterocycles. The second-order valence-corrected chi connectivity index (χ2v) is 4.98. The highest BCUT2D eigenvalue weighted by Gasteiger charge is 2.17. The van der Waals surface area contributed by atoms with E-state index in [1.165, 1.54) is 0 Å². The molecule has 100 valence electrons. The van der Waals surface area contributed by atoms with Crippen LogP contribution in [-0.2, 0) is 4.79 Å². The van der Waals surface area contributed by atoms with Crippen molar-refractivity contribution in [3.05, 3.63) is 0 Å². The third kappa shape index (κ3) is 5.48. The molecule has 0 unspecified atom stereocenters. The Morgan fingerprint density at radius 2 is 2.18 bits per heavy atom. The Morgan fingerprint density at radius 1 is 1.41 bits per heavy atom. The molecule has 1 aliphatic rings. The smallest absolute Gasteiger partial charge is 0.234 e. The highest BCUT2D eigenvalue weighted by atomic mass is 16.3. The van der Waals surface area contributed by atoms with E-state index in [1.54, 1.807) is 0 Å². The summed E-state index contributed by atoms with van der Waals surface area (Å²) in [5.41, 5.74) is 0. The summed E-state index contributed by atoms with van der Waals surface area (Å²) in [5, 5.41) is 15.3. The van der Waals surface area contributed by atoms with Crippen LogP contribution in [0.4, 0.5) is 0 Å². The van der Waals surface area contributed by atoms with Gasteiger partial charge in [-0.05, 0) is 25.4 Å². The van der Waals surface area contributed by atoms with Crippen molar-refractivity contribution in [2.75, 3.05) is 39.3 Å². The van der Waals surface area contributed by atoms with E-state index in [-0.39, 0.29) is 24.5 Å². The summed E-state index contributed by atoms with van der Waals surface area (Å²) in [6.45, 7) is 8.29. The number of carbonyl (C=O) groups excluding carboxylic acids is 1. The van der Waals surface area contributed by atoms with E-state index in [4.69, 9.17) is 5.11 Å². The lowest BCUT2D eigenvalue weighted by Gasteiger charge is -2.23. The molecule has 0 aromatic rings. The SMILES string of the molecule is CC(C)[C@@H](CO)NC(=O)CN1CCCNCC1. The minimum absolute atomic E-state index is 0.00492. The quantitative estimate of drug-likeness (QED) is 0.604. The molecule has 1 amide bonds. The van der Waals surface area contributed by atoms with Crippen LogP contribution in [0.5, 0.6) is 0 Å². The fraction of sp³-hybridized carbons (Fsp3) is 0.917. The molecule has 0 aliphatic carbocycles. The Morgan fingerprint density at radius 3 is 2.82 bits per heavy atom. The second kappa shape index (κ2) is 7.63. The first kappa shape index (κ1) is 14.4. The van der Waals surface area contributed by atoms with Crippen molar-refractivity contribution in [1.82, 2.24) is 15.5 Å². The highest BCUT2D eigenvalue weighted by Crippen LogP contribution is 2.01. The summed E-state index contributed by atoms with van der Waals surface area (Å²) in [6, 6.07) is -0.132. The van der Waals surface area contributed by atoms with Crippen LogP contribution in [0.25, 0.3) is 0 Å². The predicted molar refractivity (Wildman–Crippen MR) is 67.8 cm³/mol. The third-order valence-electron chi connectivity index (χ3n) is 3.15. The average molecular weight is 243 g/mol. The van der Waals surface area contributed by atoms with Crippen molar-refractivity contribution >= 4 is 5.91 Å². The van der Waals surface area contributed by atoms with Crippen molar-refractivity contribution in [1.29, 1.82) is 0 Å². The lowest BCUT2D eigenvalue weighted by Crippen LogP contribution is -2.46. The van der Waals surface area contributed by atoms with Gasteiger partial charge < -0.3 is 15.7 Å². The number of hydrogen-bond donors (Lipinski definition) is 3. The Kier molecular flexibility index (Phi) is 6.47. The van der Waals surface area contributed by atoms with E-state index in [2.05, 4.69) is 15.5 Å². The van der Waals surface area contributed by atoms with Gasteiger partial charge in [0.2, 0.25) is 5.91 Å². The lowest BCUT2D eigenvalue weighted by molar-refractivity contribution is -0.123. The second-order valence-electron chi connectivity index (χ2n) is 4.98. The molecule has 0 bridgehead atoms. The van der Waals surface area contributed by atoms with Crippen LogP contribution in [0.1, 0.15) is 20.3 Å². The van der Waals surface area contributed by atoms with Gasteiger partial charge in [-0.15, -0.1) is 0 Å². The number of aliphatic hydroxyl groups excluding tert-OH is 1. The lowest BCUT2D eigenvalue weighted by atomic mass is 10.1. The molecular weight excluding hydrogens is 218 g/mol. The van der Waals surface area contributed by atoms with E-state index < -0.39 is 0 Å². The zero-order valence-electron chi connectivity index (χ0n) is 10.9. The average Bonchev–Trinajstić information content (AvgIpc) is 2.54. The molecule has 1 atom stereocenters. The monoisotopic (exact) mass is 243 g/mol. The fourth-order valence-corrected chi connectivity index (χ4v) is 1.94. The Hall–Kier alpha value is -0.650. The number of amides is 1. The van der Waals surface area contributed by atoms with E-state index in [0.29, 0.717) is 6.54 Å². The van der Waals surface area contributed by atoms with E-state index in [9.17, 15) is 4.79 Å². The number of nitrogens with one attached hydrogen (secondary N) is 2. The predicted octanol–water partition coefficient (Wildman–Crippen LogP) is -0.585. The first-order valence-electron chi connectivity index (χ1n) is 6.46. The minimum atomic E-state index is -0.132. The van der Waals surface area contributed by atoms with Crippen LogP contribution in [0, 0.1) is 5.92 Å². The largest absolute Gasteiger partial charge is 0.394 e. The Balaban J connectivity index is 2.32. The molecule has 1 heterocycles. The molecule has 5 heteroatoms. The molecule has 1 fully saturated rings. The van der Waals surface area contributed by atoms with Gasteiger partial charge in [0.15, 0.2) is 0 Å². The summed E-state index contributed by atoms with van der Waals surface area (Å²) in [5.74, 6) is 0.273. The minimum Gasteiger partial charge on any atom is -0.394 e. The summed E-state index contributed by atoms with van der Waals surface area (Å²) in [4.78, 5) is 14.0. The maximum absolute atomic E-state index is 11.8. The Bertz CT molecular complexity index is 226. The number of rotatable bonds is 5. The molecule has 0 spiro atoms. The molecule has 1 rings (SSSR count). The van der Waals surface area contributed by atoms with Crippen molar-refractivity contribution in [3.63, 3.8) is 0 Å². The topological polar surface area (TPSA) is 64.6 Å². The third-order valence-corrected chi connectivity index (χ3v) is 3.15. The van der Waals surface area contributed by atoms with Crippen LogP contribution in [-0.4, -0.2) is 61.3 Å². The van der Waals surface area contributed by atoms with Gasteiger partial charge >= 0.3 is 0 Å². The van der Waals surface area contributed by atoms with Gasteiger partial charge in [0.1, 0.15) is 0 Å². The maximum atomic E-state index is 11.8. The number of hydrogen-bond acceptors (Lipinski definition) is 4. The van der Waals surface area contributed by atoms with Crippen LogP contribution in [0.15, 0.2) is 0 Å². The molecule has 1 saturated heterocycles. The van der Waals surface area contributed by atoms with Gasteiger partial charge in [-0.2, -0.15) is 0 Å². The van der Waals surface area contributed by atoms with Crippen LogP contribution >= 0.6 is 0 Å². The summed E-state index contributed by atoms with van der Waals surface area (Å²) >= 11 is 0. The zero-order valence-corrected chi connectivity index (χ0v) is 10.9. The summed E-state index contributed by atoms with van der Waals surface area (Å²) < 4.78 is 0. The van der Waals surface area contributed by atoms with Crippen LogP contribution < -0.4 is 10.6 Å². The van der Waals surface area contributed by atoms with E-state index in [1.807, 2.05) is 13.8 Å². The molecular formula is C12H25N3O2. The van der Waals surface area contributed by atoms with Crippen molar-refractivity contribution < 1.29 is 9.90 Å². The molecule has 0 radical (unpaired) electrons. The molecule has 0 aromatic heterocycles. The van der Waals surface area contributed by atoms with Crippen molar-refractivity contribution in [2.45, 2.75) is 26.3 Å². The van der Waals surface area contributed by atoms with Gasteiger partial charge in [-0.25, -0.2) is 0 Å². The van der Waals surface area contributed by atoms with Gasteiger partial charge in [0.05, 0.1) is 19.2 Å². The molecule has 17 heavy (non-hydrogen) atoms. The molecule has 3 N–H and O–H groups in total. The standard InChI is InChI=1S/C12H25N3O2/c1-10(2)11(9-16)14-12(17)8-15-6-3-4-13-5-7-15/h10-11,13,16H,3-9H2,1-2H3,(H,14,17)/t11-/m1/s1. The zero-order chi connectivity index (χ0) is 12.7. The van der Waals surface area contributed by atoms with Crippen LogP contribution in [0.3, 0.4) is 0 Å². The van der Waals surface area contributed by atoms with Gasteiger partial charge in [-0.3, -0.25) is 9.69 Å². The first-order chi connectivity index (χ1) is 8.13. The number of aliphatic hydroxyl groups is 1. The van der Waals surface area contributed by atoms with Crippen molar-refractivity contribution in [2.24, 2.45) is 5.92 Å². The van der Waals surface area contributed by atoms with Gasteiger partial charge in [0.25, 0.3) is 0 Å². The maximum Gasteiger partial charge on any atom is 0.234 e. The fourth-order valence-electron chi connectivity index (χ4n) is 1.94.